The van der Waals surface area contributed by atoms with Gasteiger partial charge in [-0.2, -0.15) is 0 Å². The third kappa shape index (κ3) is 2.89. The summed E-state index contributed by atoms with van der Waals surface area (Å²) in [5.74, 6) is 0.0998. The monoisotopic (exact) mass is 351 g/mol. The highest BCUT2D eigenvalue weighted by Gasteiger charge is 2.58. The van der Waals surface area contributed by atoms with Gasteiger partial charge in [-0.05, 0) is 33.2 Å². The molecule has 2 atom stereocenters. The minimum Gasteiger partial charge on any atom is -0.378 e. The number of methoxy groups -OCH3 is 1. The summed E-state index contributed by atoms with van der Waals surface area (Å²) in [5, 5.41) is 2.94. The Hall–Kier alpha value is -0.980. The Morgan fingerprint density at radius 3 is 2.58 bits per heavy atom. The molecule has 1 aromatic heterocycles. The van der Waals surface area contributed by atoms with Crippen LogP contribution in [0.1, 0.15) is 52.7 Å². The summed E-state index contributed by atoms with van der Waals surface area (Å²) in [6.07, 6.45) is 3.23. The molecule has 2 unspecified atom stereocenters. The van der Waals surface area contributed by atoms with Crippen molar-refractivity contribution in [2.45, 2.75) is 71.2 Å². The molecule has 0 radical (unpaired) electrons. The molecule has 6 heteroatoms. The van der Waals surface area contributed by atoms with Crippen LogP contribution in [0, 0.1) is 5.41 Å². The molecule has 0 spiro atoms. The molecule has 2 aliphatic rings. The van der Waals surface area contributed by atoms with E-state index in [4.69, 9.17) is 9.72 Å². The normalized spacial score (nSPS) is 28.7. The lowest BCUT2D eigenvalue weighted by molar-refractivity contribution is -0.207. The van der Waals surface area contributed by atoms with E-state index in [1.807, 2.05) is 4.90 Å². The van der Waals surface area contributed by atoms with Gasteiger partial charge in [-0.1, -0.05) is 13.8 Å². The zero-order valence-electron chi connectivity index (χ0n) is 15.6. The van der Waals surface area contributed by atoms with Crippen LogP contribution in [0.4, 0.5) is 5.13 Å². The van der Waals surface area contributed by atoms with E-state index in [-0.39, 0.29) is 16.9 Å². The zero-order valence-corrected chi connectivity index (χ0v) is 16.4. The number of nitrogens with zero attached hydrogens (tertiary/aromatic N) is 3. The Bertz CT molecular complexity index is 626. The molecule has 0 aromatic carbocycles. The number of amides is 1. The van der Waals surface area contributed by atoms with Crippen molar-refractivity contribution in [1.29, 1.82) is 0 Å². The van der Waals surface area contributed by atoms with Gasteiger partial charge in [-0.15, -0.1) is 11.3 Å². The van der Waals surface area contributed by atoms with E-state index in [9.17, 15) is 4.79 Å². The molecule has 1 amide bonds. The third-order valence-corrected chi connectivity index (χ3v) is 7.06. The third-order valence-electron chi connectivity index (χ3n) is 6.17. The van der Waals surface area contributed by atoms with Gasteiger partial charge in [0.05, 0.1) is 11.3 Å². The highest BCUT2D eigenvalue weighted by Crippen LogP contribution is 2.53. The van der Waals surface area contributed by atoms with Gasteiger partial charge in [0.2, 0.25) is 5.91 Å². The molecule has 2 fully saturated rings. The number of hydrogen-bond acceptors (Lipinski definition) is 5. The first-order valence-corrected chi connectivity index (χ1v) is 9.57. The van der Waals surface area contributed by atoms with Crippen LogP contribution in [0.5, 0.6) is 0 Å². The van der Waals surface area contributed by atoms with Crippen LogP contribution in [0.25, 0.3) is 0 Å². The highest BCUT2D eigenvalue weighted by atomic mass is 32.1. The van der Waals surface area contributed by atoms with Gasteiger partial charge in [0.15, 0.2) is 5.13 Å². The molecule has 0 N–H and O–H groups in total. The first-order valence-electron chi connectivity index (χ1n) is 8.69. The summed E-state index contributed by atoms with van der Waals surface area (Å²) in [6.45, 7) is 9.18. The van der Waals surface area contributed by atoms with Gasteiger partial charge in [0, 0.05) is 43.5 Å². The zero-order chi connectivity index (χ0) is 17.7. The second-order valence-electron chi connectivity index (χ2n) is 8.03. The van der Waals surface area contributed by atoms with Crippen LogP contribution in [0.15, 0.2) is 5.38 Å². The van der Waals surface area contributed by atoms with E-state index in [1.165, 1.54) is 0 Å². The number of thiazole rings is 1. The predicted molar refractivity (Wildman–Crippen MR) is 97.4 cm³/mol. The van der Waals surface area contributed by atoms with Gasteiger partial charge in [-0.3, -0.25) is 14.6 Å². The fourth-order valence-corrected chi connectivity index (χ4v) is 4.82. The summed E-state index contributed by atoms with van der Waals surface area (Å²) >= 11 is 1.58. The number of hydrogen-bond donors (Lipinski definition) is 0. The lowest BCUT2D eigenvalue weighted by Crippen LogP contribution is -2.67. The maximum Gasteiger partial charge on any atom is 0.225 e. The Kier molecular flexibility index (Phi) is 4.51. The lowest BCUT2D eigenvalue weighted by atomic mass is 9.55. The molecule has 1 aromatic rings. The number of carbonyl (C=O) groups is 1. The molecular formula is C18H29N3O2S. The first kappa shape index (κ1) is 17.8. The van der Waals surface area contributed by atoms with Crippen molar-refractivity contribution in [2.75, 3.05) is 19.1 Å². The van der Waals surface area contributed by atoms with Crippen LogP contribution in [0.3, 0.4) is 0 Å². The summed E-state index contributed by atoms with van der Waals surface area (Å²) in [7, 11) is 3.96. The first-order chi connectivity index (χ1) is 11.2. The van der Waals surface area contributed by atoms with Crippen LogP contribution in [-0.4, -0.2) is 47.6 Å². The highest BCUT2D eigenvalue weighted by molar-refractivity contribution is 7.14. The molecule has 0 saturated heterocycles. The van der Waals surface area contributed by atoms with Crippen molar-refractivity contribution < 1.29 is 9.53 Å². The molecule has 24 heavy (non-hydrogen) atoms. The Balaban J connectivity index is 1.66. The van der Waals surface area contributed by atoms with Gasteiger partial charge in [0.25, 0.3) is 0 Å². The maximum absolute atomic E-state index is 11.9. The maximum atomic E-state index is 11.9. The summed E-state index contributed by atoms with van der Waals surface area (Å²) < 4.78 is 5.73. The van der Waals surface area contributed by atoms with Crippen molar-refractivity contribution >= 4 is 22.4 Å². The quantitative estimate of drug-likeness (QED) is 0.789. The van der Waals surface area contributed by atoms with Crippen molar-refractivity contribution in [1.82, 2.24) is 9.88 Å². The van der Waals surface area contributed by atoms with Crippen molar-refractivity contribution in [2.24, 2.45) is 5.41 Å². The second-order valence-corrected chi connectivity index (χ2v) is 8.87. The van der Waals surface area contributed by atoms with Crippen molar-refractivity contribution in [3.8, 4) is 0 Å². The molecular weight excluding hydrogens is 322 g/mol. The smallest absolute Gasteiger partial charge is 0.225 e. The van der Waals surface area contributed by atoms with Crippen LogP contribution in [-0.2, 0) is 16.1 Å². The molecule has 0 bridgehead atoms. The number of anilines is 1. The molecule has 0 aliphatic heterocycles. The van der Waals surface area contributed by atoms with Crippen molar-refractivity contribution in [3.63, 3.8) is 0 Å². The summed E-state index contributed by atoms with van der Waals surface area (Å²) in [5.41, 5.74) is 1.09. The lowest BCUT2D eigenvalue weighted by Gasteiger charge is -2.61. The van der Waals surface area contributed by atoms with E-state index < -0.39 is 0 Å². The Morgan fingerprint density at radius 2 is 2.08 bits per heavy atom. The van der Waals surface area contributed by atoms with Gasteiger partial charge < -0.3 is 4.74 Å². The molecule has 5 nitrogen and oxygen atoms in total. The number of carbonyl (C=O) groups excluding carboxylic acids is 1. The standard InChI is InChI=1S/C18H29N3O2S/c1-12(22)21(14-7-8-14)16-19-13(11-24-16)10-20(5)15-9-18(4,23-6)17(15,2)3/h11,14-15H,7-10H2,1-6H3. The molecule has 2 aliphatic carbocycles. The predicted octanol–water partition coefficient (Wildman–Crippen LogP) is 3.29. The SMILES string of the molecule is COC1(C)CC(N(C)Cc2csc(N(C(C)=O)C3CC3)n2)C1(C)C. The fraction of sp³-hybridized carbons (Fsp3) is 0.778. The van der Waals surface area contributed by atoms with Crippen molar-refractivity contribution in [3.05, 3.63) is 11.1 Å². The topological polar surface area (TPSA) is 45.7 Å². The van der Waals surface area contributed by atoms with E-state index in [1.54, 1.807) is 25.4 Å². The van der Waals surface area contributed by atoms with Gasteiger partial charge in [0.1, 0.15) is 0 Å². The molecule has 2 saturated carbocycles. The number of rotatable bonds is 6. The van der Waals surface area contributed by atoms with E-state index >= 15 is 0 Å². The van der Waals surface area contributed by atoms with E-state index in [0.717, 1.165) is 36.6 Å². The summed E-state index contributed by atoms with van der Waals surface area (Å²) in [4.78, 5) is 20.8. The van der Waals surface area contributed by atoms with Gasteiger partial charge in [-0.25, -0.2) is 4.98 Å². The fourth-order valence-electron chi connectivity index (χ4n) is 3.89. The molecule has 3 rings (SSSR count). The van der Waals surface area contributed by atoms with Gasteiger partial charge >= 0.3 is 0 Å². The largest absolute Gasteiger partial charge is 0.378 e. The second kappa shape index (κ2) is 6.07. The average Bonchev–Trinajstić information content (AvgIpc) is 3.23. The minimum absolute atomic E-state index is 0.0590. The van der Waals surface area contributed by atoms with Crippen LogP contribution < -0.4 is 4.90 Å². The van der Waals surface area contributed by atoms with E-state index in [0.29, 0.717) is 12.1 Å². The van der Waals surface area contributed by atoms with E-state index in [2.05, 4.69) is 38.1 Å². The van der Waals surface area contributed by atoms with Crippen LogP contribution >= 0.6 is 11.3 Å². The number of aromatic nitrogens is 1. The van der Waals surface area contributed by atoms with Crippen LogP contribution in [0.2, 0.25) is 0 Å². The Morgan fingerprint density at radius 1 is 1.42 bits per heavy atom. The minimum atomic E-state index is -0.0590. The number of ether oxygens (including phenoxy) is 1. The summed E-state index contributed by atoms with van der Waals surface area (Å²) in [6, 6.07) is 0.840. The average molecular weight is 352 g/mol. The molecule has 134 valence electrons. The molecule has 1 heterocycles. The Labute approximate surface area is 149 Å².